The topological polar surface area (TPSA) is 85.1 Å². The van der Waals surface area contributed by atoms with Crippen LogP contribution in [0.15, 0.2) is 0 Å². The highest BCUT2D eigenvalue weighted by Crippen LogP contribution is 2.23. The lowest BCUT2D eigenvalue weighted by atomic mass is 9.90. The summed E-state index contributed by atoms with van der Waals surface area (Å²) in [5, 5.41) is 0. The molecule has 0 bridgehead atoms. The van der Waals surface area contributed by atoms with Gasteiger partial charge in [0.05, 0.1) is 25.2 Å². The van der Waals surface area contributed by atoms with Crippen LogP contribution in [0.3, 0.4) is 0 Å². The molecule has 0 aliphatic carbocycles. The van der Waals surface area contributed by atoms with Gasteiger partial charge in [0.15, 0.2) is 0 Å². The maximum absolute atomic E-state index is 12.8. The average Bonchev–Trinajstić information content (AvgIpc) is 2.67. The highest BCUT2D eigenvalue weighted by Gasteiger charge is 2.35. The summed E-state index contributed by atoms with van der Waals surface area (Å²) in [6, 6.07) is -0.467. The number of likely N-dealkylation sites (tertiary alicyclic amines) is 1. The number of halogens is 1. The van der Waals surface area contributed by atoms with Crippen molar-refractivity contribution < 1.29 is 19.1 Å². The van der Waals surface area contributed by atoms with Crippen LogP contribution in [-0.4, -0.2) is 80.3 Å². The van der Waals surface area contributed by atoms with Crippen molar-refractivity contribution in [3.63, 3.8) is 0 Å². The van der Waals surface area contributed by atoms with Gasteiger partial charge in [-0.1, -0.05) is 0 Å². The number of carbonyl (C=O) groups excluding carboxylic acids is 2. The lowest BCUT2D eigenvalue weighted by Gasteiger charge is -2.38. The van der Waals surface area contributed by atoms with E-state index in [4.69, 9.17) is 15.2 Å². The number of piperidine rings is 1. The third-order valence-corrected chi connectivity index (χ3v) is 5.46. The normalized spacial score (nSPS) is 26.7. The molecular weight excluding hydrogens is 346 g/mol. The number of ether oxygens (including phenoxy) is 2. The zero-order chi connectivity index (χ0) is 16.9. The molecule has 0 radical (unpaired) electrons. The predicted molar refractivity (Wildman–Crippen MR) is 95.5 cm³/mol. The number of morpholine rings is 1. The van der Waals surface area contributed by atoms with Gasteiger partial charge < -0.3 is 25.0 Å². The minimum absolute atomic E-state index is 0. The van der Waals surface area contributed by atoms with Crippen LogP contribution in [0.4, 0.5) is 0 Å². The van der Waals surface area contributed by atoms with Crippen LogP contribution in [-0.2, 0) is 19.1 Å². The van der Waals surface area contributed by atoms with Crippen LogP contribution in [0.1, 0.15) is 25.7 Å². The Balaban J connectivity index is 0.00000225. The minimum Gasteiger partial charge on any atom is -0.381 e. The lowest BCUT2D eigenvalue weighted by molar-refractivity contribution is -0.145. The van der Waals surface area contributed by atoms with Crippen molar-refractivity contribution in [1.82, 2.24) is 9.80 Å². The van der Waals surface area contributed by atoms with E-state index in [-0.39, 0.29) is 36.1 Å². The number of nitrogens with zero attached hydrogens (tertiary/aromatic N) is 2. The van der Waals surface area contributed by atoms with E-state index in [2.05, 4.69) is 0 Å². The van der Waals surface area contributed by atoms with Gasteiger partial charge in [-0.3, -0.25) is 9.59 Å². The molecule has 3 aliphatic heterocycles. The van der Waals surface area contributed by atoms with Crippen molar-refractivity contribution >= 4 is 24.2 Å². The largest absolute Gasteiger partial charge is 0.381 e. The molecule has 3 aliphatic rings. The number of carbonyl (C=O) groups is 2. The first kappa shape index (κ1) is 20.4. The van der Waals surface area contributed by atoms with Gasteiger partial charge in [0.2, 0.25) is 11.8 Å². The Hall–Kier alpha value is -0.890. The van der Waals surface area contributed by atoms with E-state index in [1.807, 2.05) is 9.80 Å². The molecule has 7 nitrogen and oxygen atoms in total. The Morgan fingerprint density at radius 3 is 2.24 bits per heavy atom. The number of nitrogens with two attached hydrogens (primary N) is 1. The van der Waals surface area contributed by atoms with Crippen molar-refractivity contribution in [2.45, 2.75) is 31.7 Å². The van der Waals surface area contributed by atoms with Crippen LogP contribution in [0, 0.1) is 11.8 Å². The first-order valence-electron chi connectivity index (χ1n) is 9.15. The monoisotopic (exact) mass is 375 g/mol. The van der Waals surface area contributed by atoms with Crippen LogP contribution in [0.2, 0.25) is 0 Å². The Bertz CT molecular complexity index is 453. The van der Waals surface area contributed by atoms with Crippen LogP contribution in [0.5, 0.6) is 0 Å². The second-order valence-corrected chi connectivity index (χ2v) is 7.04. The van der Waals surface area contributed by atoms with E-state index >= 15 is 0 Å². The van der Waals surface area contributed by atoms with E-state index in [1.54, 1.807) is 0 Å². The second-order valence-electron chi connectivity index (χ2n) is 7.04. The minimum atomic E-state index is -0.467. The smallest absolute Gasteiger partial charge is 0.239 e. The number of hydrogen-bond donors (Lipinski definition) is 1. The highest BCUT2D eigenvalue weighted by molar-refractivity contribution is 5.85. The quantitative estimate of drug-likeness (QED) is 0.764. The fraction of sp³-hybridized carbons (Fsp3) is 0.882. The molecule has 3 heterocycles. The molecule has 8 heteroatoms. The first-order chi connectivity index (χ1) is 11.7. The molecular formula is C17H30ClN3O4. The maximum atomic E-state index is 12.8. The first-order valence-corrected chi connectivity index (χ1v) is 9.15. The summed E-state index contributed by atoms with van der Waals surface area (Å²) in [6.07, 6.45) is 3.41. The van der Waals surface area contributed by atoms with Crippen LogP contribution in [0.25, 0.3) is 0 Å². The van der Waals surface area contributed by atoms with E-state index in [0.29, 0.717) is 52.6 Å². The van der Waals surface area contributed by atoms with E-state index in [1.165, 1.54) is 0 Å². The molecule has 2 atom stereocenters. The molecule has 2 unspecified atom stereocenters. The van der Waals surface area contributed by atoms with Crippen molar-refractivity contribution in [3.05, 3.63) is 0 Å². The molecule has 0 spiro atoms. The predicted octanol–water partition coefficient (Wildman–Crippen LogP) is 0.260. The van der Waals surface area contributed by atoms with Gasteiger partial charge in [-0.25, -0.2) is 0 Å². The Morgan fingerprint density at radius 2 is 1.56 bits per heavy atom. The summed E-state index contributed by atoms with van der Waals surface area (Å²) in [5.41, 5.74) is 6.23. The Labute approximate surface area is 155 Å². The van der Waals surface area contributed by atoms with Crippen LogP contribution < -0.4 is 5.73 Å². The summed E-state index contributed by atoms with van der Waals surface area (Å²) in [5.74, 6) is 0.265. The molecule has 3 saturated heterocycles. The molecule has 25 heavy (non-hydrogen) atoms. The Kier molecular flexibility index (Phi) is 7.93. The fourth-order valence-electron chi connectivity index (χ4n) is 3.91. The maximum Gasteiger partial charge on any atom is 0.239 e. The number of hydrogen-bond acceptors (Lipinski definition) is 5. The third-order valence-electron chi connectivity index (χ3n) is 5.46. The highest BCUT2D eigenvalue weighted by atomic mass is 35.5. The fourth-order valence-corrected chi connectivity index (χ4v) is 3.91. The summed E-state index contributed by atoms with van der Waals surface area (Å²) in [4.78, 5) is 29.1. The van der Waals surface area contributed by atoms with Crippen LogP contribution >= 0.6 is 12.4 Å². The van der Waals surface area contributed by atoms with E-state index in [9.17, 15) is 9.59 Å². The van der Waals surface area contributed by atoms with Gasteiger partial charge in [-0.15, -0.1) is 12.4 Å². The van der Waals surface area contributed by atoms with Gasteiger partial charge in [-0.05, 0) is 31.6 Å². The zero-order valence-corrected chi connectivity index (χ0v) is 15.5. The lowest BCUT2D eigenvalue weighted by Crippen LogP contribution is -2.54. The SMILES string of the molecule is Cl.NC(C(=O)N1CCCC(C(=O)N2CCOCC2)C1)C1CCOCC1. The van der Waals surface area contributed by atoms with Crippen molar-refractivity contribution in [3.8, 4) is 0 Å². The summed E-state index contributed by atoms with van der Waals surface area (Å²) in [7, 11) is 0. The van der Waals surface area contributed by atoms with Crippen molar-refractivity contribution in [2.24, 2.45) is 17.6 Å². The summed E-state index contributed by atoms with van der Waals surface area (Å²) < 4.78 is 10.7. The standard InChI is InChI=1S/C17H29N3O4.ClH/c18-15(13-3-8-23-9-4-13)17(22)20-5-1-2-14(12-20)16(21)19-6-10-24-11-7-19;/h13-15H,1-12,18H2;1H. The van der Waals surface area contributed by atoms with Crippen molar-refractivity contribution in [2.75, 3.05) is 52.6 Å². The number of rotatable bonds is 3. The molecule has 0 saturated carbocycles. The van der Waals surface area contributed by atoms with Gasteiger partial charge in [0.25, 0.3) is 0 Å². The molecule has 0 aromatic rings. The molecule has 2 N–H and O–H groups in total. The molecule has 3 fully saturated rings. The molecule has 3 rings (SSSR count). The van der Waals surface area contributed by atoms with E-state index in [0.717, 1.165) is 25.7 Å². The molecule has 0 aromatic heterocycles. The molecule has 0 aromatic carbocycles. The zero-order valence-electron chi connectivity index (χ0n) is 14.7. The van der Waals surface area contributed by atoms with Gasteiger partial charge >= 0.3 is 0 Å². The molecule has 2 amide bonds. The van der Waals surface area contributed by atoms with Gasteiger partial charge in [0.1, 0.15) is 0 Å². The molecule has 144 valence electrons. The average molecular weight is 376 g/mol. The Morgan fingerprint density at radius 1 is 0.920 bits per heavy atom. The summed E-state index contributed by atoms with van der Waals surface area (Å²) >= 11 is 0. The van der Waals surface area contributed by atoms with Gasteiger partial charge in [-0.2, -0.15) is 0 Å². The van der Waals surface area contributed by atoms with Gasteiger partial charge in [0, 0.05) is 39.4 Å². The third kappa shape index (κ3) is 5.06. The number of amides is 2. The summed E-state index contributed by atoms with van der Waals surface area (Å²) in [6.45, 7) is 5.11. The van der Waals surface area contributed by atoms with Crippen molar-refractivity contribution in [1.29, 1.82) is 0 Å². The second kappa shape index (κ2) is 9.71. The van der Waals surface area contributed by atoms with E-state index < -0.39 is 6.04 Å².